The topological polar surface area (TPSA) is 92.3 Å². The Balaban J connectivity index is 1.89. The highest BCUT2D eigenvalue weighted by atomic mass is 16.5. The second-order valence-corrected chi connectivity index (χ2v) is 9.01. The minimum Gasteiger partial charge on any atom is -0.467 e. The number of anilines is 1. The minimum atomic E-state index is -0.675. The summed E-state index contributed by atoms with van der Waals surface area (Å²) >= 11 is 0. The van der Waals surface area contributed by atoms with Gasteiger partial charge in [-0.25, -0.2) is 0 Å². The predicted molar refractivity (Wildman–Crippen MR) is 134 cm³/mol. The van der Waals surface area contributed by atoms with E-state index >= 15 is 0 Å². The van der Waals surface area contributed by atoms with Crippen molar-refractivity contribution in [2.75, 3.05) is 25.6 Å². The Morgan fingerprint density at radius 3 is 2.48 bits per heavy atom. The number of fused-ring (bicyclic) bond motifs is 1. The zero-order valence-corrected chi connectivity index (χ0v) is 20.7. The standard InChI is InChI=1S/C26H38N4O3/c1-7-18(8-2)24(33-15-16(3)4)22(31)14-27-25-23(17(5)28-26(30-25)32-6)21-13-19-11-9-10-12-20(19)29-21/h9-13,16,18,22,24,29,31H,7-8,14-15H2,1-6H3,(H,27,28,30). The number of H-pyrrole nitrogens is 1. The Kier molecular flexibility index (Phi) is 8.69. The molecule has 0 aliphatic rings. The molecule has 0 saturated carbocycles. The summed E-state index contributed by atoms with van der Waals surface area (Å²) in [5.74, 6) is 1.32. The van der Waals surface area contributed by atoms with E-state index in [4.69, 9.17) is 9.47 Å². The zero-order valence-electron chi connectivity index (χ0n) is 20.7. The Morgan fingerprint density at radius 2 is 1.85 bits per heavy atom. The molecule has 0 saturated heterocycles. The Hall–Kier alpha value is -2.64. The Bertz CT molecular complexity index is 997. The van der Waals surface area contributed by atoms with Gasteiger partial charge in [0.2, 0.25) is 0 Å². The molecule has 7 heteroatoms. The van der Waals surface area contributed by atoms with Gasteiger partial charge in [-0.15, -0.1) is 0 Å². The van der Waals surface area contributed by atoms with Gasteiger partial charge in [0, 0.05) is 24.1 Å². The van der Waals surface area contributed by atoms with E-state index in [2.05, 4.69) is 60.1 Å². The maximum atomic E-state index is 11.1. The second kappa shape index (κ2) is 11.5. The SMILES string of the molecule is CCC(CC)C(OCC(C)C)C(O)CNc1nc(OC)nc(C)c1-c1cc2ccccc2[nH]1. The quantitative estimate of drug-likeness (QED) is 0.349. The van der Waals surface area contributed by atoms with Crippen LogP contribution in [0.5, 0.6) is 6.01 Å². The summed E-state index contributed by atoms with van der Waals surface area (Å²) in [6.45, 7) is 11.4. The third-order valence-electron chi connectivity index (χ3n) is 6.04. The van der Waals surface area contributed by atoms with E-state index < -0.39 is 6.10 Å². The summed E-state index contributed by atoms with van der Waals surface area (Å²) in [4.78, 5) is 12.5. The minimum absolute atomic E-state index is 0.240. The van der Waals surface area contributed by atoms with Gasteiger partial charge in [0.1, 0.15) is 5.82 Å². The van der Waals surface area contributed by atoms with Crippen LogP contribution in [0.3, 0.4) is 0 Å². The molecule has 2 heterocycles. The highest BCUT2D eigenvalue weighted by Gasteiger charge is 2.28. The van der Waals surface area contributed by atoms with E-state index in [1.54, 1.807) is 7.11 Å². The maximum absolute atomic E-state index is 11.1. The molecular formula is C26H38N4O3. The van der Waals surface area contributed by atoms with Gasteiger partial charge in [0.25, 0.3) is 0 Å². The van der Waals surface area contributed by atoms with E-state index in [0.717, 1.165) is 40.7 Å². The van der Waals surface area contributed by atoms with Crippen LogP contribution in [-0.2, 0) is 4.74 Å². The number of para-hydroxylation sites is 1. The van der Waals surface area contributed by atoms with E-state index in [-0.39, 0.29) is 18.0 Å². The summed E-state index contributed by atoms with van der Waals surface area (Å²) in [5, 5.41) is 15.6. The fourth-order valence-corrected chi connectivity index (χ4v) is 4.23. The molecule has 3 rings (SSSR count). The van der Waals surface area contributed by atoms with E-state index in [0.29, 0.717) is 24.9 Å². The van der Waals surface area contributed by atoms with Gasteiger partial charge in [-0.05, 0) is 30.9 Å². The van der Waals surface area contributed by atoms with Gasteiger partial charge in [0.15, 0.2) is 0 Å². The van der Waals surface area contributed by atoms with Crippen LogP contribution in [0.2, 0.25) is 0 Å². The lowest BCUT2D eigenvalue weighted by Gasteiger charge is -2.31. The summed E-state index contributed by atoms with van der Waals surface area (Å²) in [6.07, 6.45) is 0.996. The number of nitrogens with one attached hydrogen (secondary N) is 2. The van der Waals surface area contributed by atoms with Crippen molar-refractivity contribution in [3.05, 3.63) is 36.0 Å². The smallest absolute Gasteiger partial charge is 0.318 e. The lowest BCUT2D eigenvalue weighted by atomic mass is 9.92. The number of methoxy groups -OCH3 is 1. The molecule has 0 aliphatic carbocycles. The Morgan fingerprint density at radius 1 is 1.12 bits per heavy atom. The first kappa shape index (κ1) is 25.0. The van der Waals surface area contributed by atoms with Crippen molar-refractivity contribution in [1.82, 2.24) is 15.0 Å². The molecule has 2 atom stereocenters. The van der Waals surface area contributed by atoms with Gasteiger partial charge < -0.3 is 24.9 Å². The first-order chi connectivity index (χ1) is 15.9. The largest absolute Gasteiger partial charge is 0.467 e. The van der Waals surface area contributed by atoms with Gasteiger partial charge in [-0.3, -0.25) is 0 Å². The number of aromatic nitrogens is 3. The highest BCUT2D eigenvalue weighted by molar-refractivity contribution is 5.88. The number of hydrogen-bond acceptors (Lipinski definition) is 6. The first-order valence-corrected chi connectivity index (χ1v) is 11.9. The first-order valence-electron chi connectivity index (χ1n) is 11.9. The molecule has 0 aliphatic heterocycles. The third kappa shape index (κ3) is 6.03. The number of aliphatic hydroxyl groups excluding tert-OH is 1. The van der Waals surface area contributed by atoms with Crippen molar-refractivity contribution in [3.8, 4) is 17.3 Å². The molecule has 0 radical (unpaired) electrons. The third-order valence-corrected chi connectivity index (χ3v) is 6.04. The molecule has 0 fully saturated rings. The van der Waals surface area contributed by atoms with Crippen LogP contribution < -0.4 is 10.1 Å². The van der Waals surface area contributed by atoms with E-state index in [1.807, 2.05) is 25.1 Å². The van der Waals surface area contributed by atoms with Crippen molar-refractivity contribution in [2.24, 2.45) is 11.8 Å². The number of rotatable bonds is 12. The van der Waals surface area contributed by atoms with E-state index in [9.17, 15) is 5.11 Å². The molecule has 33 heavy (non-hydrogen) atoms. The van der Waals surface area contributed by atoms with Crippen LogP contribution >= 0.6 is 0 Å². The molecule has 0 spiro atoms. The number of aryl methyl sites for hydroxylation is 1. The van der Waals surface area contributed by atoms with Gasteiger partial charge >= 0.3 is 6.01 Å². The number of aliphatic hydroxyl groups is 1. The molecule has 7 nitrogen and oxygen atoms in total. The van der Waals surface area contributed by atoms with Crippen LogP contribution in [-0.4, -0.2) is 52.5 Å². The molecule has 0 bridgehead atoms. The highest BCUT2D eigenvalue weighted by Crippen LogP contribution is 2.32. The molecule has 2 aromatic heterocycles. The number of hydrogen-bond donors (Lipinski definition) is 3. The number of benzene rings is 1. The lowest BCUT2D eigenvalue weighted by Crippen LogP contribution is -2.41. The average molecular weight is 455 g/mol. The van der Waals surface area contributed by atoms with Crippen molar-refractivity contribution >= 4 is 16.7 Å². The summed E-state index contributed by atoms with van der Waals surface area (Å²) < 4.78 is 11.5. The van der Waals surface area contributed by atoms with Crippen LogP contribution in [0, 0.1) is 18.8 Å². The number of aromatic amines is 1. The molecule has 1 aromatic carbocycles. The summed E-state index contributed by atoms with van der Waals surface area (Å²) in [5.41, 5.74) is 3.62. The van der Waals surface area contributed by atoms with Crippen LogP contribution in [0.25, 0.3) is 22.2 Å². The number of ether oxygens (including phenoxy) is 2. The fourth-order valence-electron chi connectivity index (χ4n) is 4.23. The van der Waals surface area contributed by atoms with Crippen LogP contribution in [0.15, 0.2) is 30.3 Å². The Labute approximate surface area is 196 Å². The molecular weight excluding hydrogens is 416 g/mol. The normalized spacial score (nSPS) is 13.6. The molecule has 0 amide bonds. The van der Waals surface area contributed by atoms with Crippen molar-refractivity contribution in [2.45, 2.75) is 59.7 Å². The van der Waals surface area contributed by atoms with Crippen molar-refractivity contribution in [3.63, 3.8) is 0 Å². The predicted octanol–water partition coefficient (Wildman–Crippen LogP) is 5.19. The van der Waals surface area contributed by atoms with Crippen molar-refractivity contribution in [1.29, 1.82) is 0 Å². The monoisotopic (exact) mass is 454 g/mol. The van der Waals surface area contributed by atoms with Crippen molar-refractivity contribution < 1.29 is 14.6 Å². The fraction of sp³-hybridized carbons (Fsp3) is 0.538. The maximum Gasteiger partial charge on any atom is 0.318 e. The molecule has 2 unspecified atom stereocenters. The number of nitrogens with zero attached hydrogens (tertiary/aromatic N) is 2. The summed E-state index contributed by atoms with van der Waals surface area (Å²) in [7, 11) is 1.55. The van der Waals surface area contributed by atoms with Gasteiger partial charge in [0.05, 0.1) is 36.3 Å². The summed E-state index contributed by atoms with van der Waals surface area (Å²) in [6, 6.07) is 10.5. The second-order valence-electron chi connectivity index (χ2n) is 9.01. The molecule has 180 valence electrons. The average Bonchev–Trinajstić information content (AvgIpc) is 3.23. The van der Waals surface area contributed by atoms with Crippen LogP contribution in [0.4, 0.5) is 5.82 Å². The molecule has 3 N–H and O–H groups in total. The van der Waals surface area contributed by atoms with Gasteiger partial charge in [-0.1, -0.05) is 58.7 Å². The van der Waals surface area contributed by atoms with E-state index in [1.165, 1.54) is 0 Å². The lowest BCUT2D eigenvalue weighted by molar-refractivity contribution is -0.0730. The van der Waals surface area contributed by atoms with Crippen LogP contribution in [0.1, 0.15) is 46.2 Å². The zero-order chi connectivity index (χ0) is 24.0. The van der Waals surface area contributed by atoms with Gasteiger partial charge in [-0.2, -0.15) is 9.97 Å². The molecule has 3 aromatic rings.